The Bertz CT molecular complexity index is 286. The SMILES string of the molecule is CC(c1ccc(Cl)cc1)N(C)CCCBr. The molecular formula is C12H17BrClN. The summed E-state index contributed by atoms with van der Waals surface area (Å²) in [5.74, 6) is 0. The molecular weight excluding hydrogens is 273 g/mol. The summed E-state index contributed by atoms with van der Waals surface area (Å²) in [6, 6.07) is 8.54. The number of alkyl halides is 1. The van der Waals surface area contributed by atoms with Gasteiger partial charge in [-0.05, 0) is 44.6 Å². The first-order valence-corrected chi connectivity index (χ1v) is 6.66. The Morgan fingerprint density at radius 3 is 2.47 bits per heavy atom. The fourth-order valence-corrected chi connectivity index (χ4v) is 1.88. The van der Waals surface area contributed by atoms with Gasteiger partial charge in [0, 0.05) is 16.4 Å². The van der Waals surface area contributed by atoms with Gasteiger partial charge in [0.2, 0.25) is 0 Å². The van der Waals surface area contributed by atoms with Gasteiger partial charge >= 0.3 is 0 Å². The summed E-state index contributed by atoms with van der Waals surface area (Å²) in [6.07, 6.45) is 1.18. The van der Waals surface area contributed by atoms with E-state index >= 15 is 0 Å². The molecule has 15 heavy (non-hydrogen) atoms. The molecule has 0 heterocycles. The summed E-state index contributed by atoms with van der Waals surface area (Å²) in [5.41, 5.74) is 1.32. The highest BCUT2D eigenvalue weighted by Gasteiger charge is 2.10. The number of hydrogen-bond donors (Lipinski definition) is 0. The molecule has 0 radical (unpaired) electrons. The zero-order valence-corrected chi connectivity index (χ0v) is 11.6. The largest absolute Gasteiger partial charge is 0.300 e. The predicted octanol–water partition coefficient (Wildman–Crippen LogP) is 4.12. The second-order valence-electron chi connectivity index (χ2n) is 3.75. The molecule has 0 saturated carbocycles. The van der Waals surface area contributed by atoms with Gasteiger partial charge in [0.1, 0.15) is 0 Å². The van der Waals surface area contributed by atoms with Crippen molar-refractivity contribution in [1.82, 2.24) is 4.90 Å². The second kappa shape index (κ2) is 6.51. The van der Waals surface area contributed by atoms with Crippen molar-refractivity contribution < 1.29 is 0 Å². The lowest BCUT2D eigenvalue weighted by molar-refractivity contribution is 0.263. The van der Waals surface area contributed by atoms with Crippen LogP contribution >= 0.6 is 27.5 Å². The fourth-order valence-electron chi connectivity index (χ4n) is 1.50. The lowest BCUT2D eigenvalue weighted by atomic mass is 10.1. The van der Waals surface area contributed by atoms with Crippen molar-refractivity contribution in [3.63, 3.8) is 0 Å². The Morgan fingerprint density at radius 2 is 1.93 bits per heavy atom. The van der Waals surface area contributed by atoms with Gasteiger partial charge in [-0.15, -0.1) is 0 Å². The Morgan fingerprint density at radius 1 is 1.33 bits per heavy atom. The third-order valence-corrected chi connectivity index (χ3v) is 3.47. The normalized spacial score (nSPS) is 13.1. The van der Waals surface area contributed by atoms with E-state index in [4.69, 9.17) is 11.6 Å². The zero-order chi connectivity index (χ0) is 11.3. The van der Waals surface area contributed by atoms with Crippen LogP contribution in [0.25, 0.3) is 0 Å². The van der Waals surface area contributed by atoms with Crippen LogP contribution < -0.4 is 0 Å². The first-order chi connectivity index (χ1) is 7.15. The van der Waals surface area contributed by atoms with Crippen LogP contribution in [-0.4, -0.2) is 23.8 Å². The summed E-state index contributed by atoms with van der Waals surface area (Å²) in [7, 11) is 2.15. The summed E-state index contributed by atoms with van der Waals surface area (Å²) in [4.78, 5) is 2.35. The minimum Gasteiger partial charge on any atom is -0.300 e. The summed E-state index contributed by atoms with van der Waals surface area (Å²) >= 11 is 9.31. The van der Waals surface area contributed by atoms with Crippen molar-refractivity contribution in [2.24, 2.45) is 0 Å². The third kappa shape index (κ3) is 4.13. The van der Waals surface area contributed by atoms with Crippen molar-refractivity contribution in [3.05, 3.63) is 34.9 Å². The molecule has 0 amide bonds. The maximum Gasteiger partial charge on any atom is 0.0406 e. The molecule has 1 nitrogen and oxygen atoms in total. The molecule has 0 aliphatic heterocycles. The Hall–Kier alpha value is -0.0500. The zero-order valence-electron chi connectivity index (χ0n) is 9.21. The molecule has 0 saturated heterocycles. The van der Waals surface area contributed by atoms with Gasteiger partial charge in [-0.25, -0.2) is 0 Å². The Labute approximate surface area is 106 Å². The number of hydrogen-bond acceptors (Lipinski definition) is 1. The fraction of sp³-hybridized carbons (Fsp3) is 0.500. The van der Waals surface area contributed by atoms with E-state index < -0.39 is 0 Å². The first kappa shape index (κ1) is 13.0. The van der Waals surface area contributed by atoms with Crippen LogP contribution in [0.3, 0.4) is 0 Å². The first-order valence-electron chi connectivity index (χ1n) is 5.17. The van der Waals surface area contributed by atoms with Crippen molar-refractivity contribution in [1.29, 1.82) is 0 Å². The molecule has 1 aromatic rings. The van der Waals surface area contributed by atoms with Gasteiger partial charge in [0.05, 0.1) is 0 Å². The van der Waals surface area contributed by atoms with E-state index in [1.54, 1.807) is 0 Å². The van der Waals surface area contributed by atoms with Crippen LogP contribution in [0, 0.1) is 0 Å². The predicted molar refractivity (Wildman–Crippen MR) is 70.9 cm³/mol. The van der Waals surface area contributed by atoms with E-state index in [1.165, 1.54) is 12.0 Å². The molecule has 0 aliphatic rings. The van der Waals surface area contributed by atoms with Gasteiger partial charge in [-0.3, -0.25) is 4.90 Å². The Kier molecular flexibility index (Phi) is 5.65. The van der Waals surface area contributed by atoms with Crippen LogP contribution in [0.5, 0.6) is 0 Å². The third-order valence-electron chi connectivity index (χ3n) is 2.66. The number of benzene rings is 1. The van der Waals surface area contributed by atoms with E-state index in [2.05, 4.69) is 46.9 Å². The number of nitrogens with zero attached hydrogens (tertiary/aromatic N) is 1. The van der Waals surface area contributed by atoms with E-state index in [0.29, 0.717) is 6.04 Å². The maximum absolute atomic E-state index is 5.86. The molecule has 0 fully saturated rings. The summed E-state index contributed by atoms with van der Waals surface area (Å²) < 4.78 is 0. The quantitative estimate of drug-likeness (QED) is 0.737. The Balaban J connectivity index is 2.59. The van der Waals surface area contributed by atoms with E-state index in [-0.39, 0.29) is 0 Å². The molecule has 0 aromatic heterocycles. The van der Waals surface area contributed by atoms with E-state index in [9.17, 15) is 0 Å². The summed E-state index contributed by atoms with van der Waals surface area (Å²) in [6.45, 7) is 3.33. The smallest absolute Gasteiger partial charge is 0.0406 e. The standard InChI is InChI=1S/C12H17BrClN/c1-10(15(2)9-3-8-13)11-4-6-12(14)7-5-11/h4-7,10H,3,8-9H2,1-2H3. The van der Waals surface area contributed by atoms with E-state index in [0.717, 1.165) is 16.9 Å². The minimum atomic E-state index is 0.446. The molecule has 0 spiro atoms. The molecule has 84 valence electrons. The van der Waals surface area contributed by atoms with Crippen molar-refractivity contribution in [2.45, 2.75) is 19.4 Å². The average molecular weight is 291 g/mol. The number of rotatable bonds is 5. The molecule has 1 rings (SSSR count). The van der Waals surface area contributed by atoms with Crippen LogP contribution in [0.1, 0.15) is 24.9 Å². The molecule has 0 aliphatic carbocycles. The second-order valence-corrected chi connectivity index (χ2v) is 4.98. The van der Waals surface area contributed by atoms with Crippen molar-refractivity contribution in [3.8, 4) is 0 Å². The van der Waals surface area contributed by atoms with Gasteiger partial charge in [-0.2, -0.15) is 0 Å². The average Bonchev–Trinajstić information content (AvgIpc) is 2.26. The number of halogens is 2. The van der Waals surface area contributed by atoms with Crippen molar-refractivity contribution in [2.75, 3.05) is 18.9 Å². The molecule has 1 unspecified atom stereocenters. The van der Waals surface area contributed by atoms with Crippen LogP contribution in [0.2, 0.25) is 5.02 Å². The molecule has 3 heteroatoms. The van der Waals surface area contributed by atoms with Gasteiger partial charge in [0.25, 0.3) is 0 Å². The highest BCUT2D eigenvalue weighted by molar-refractivity contribution is 9.09. The monoisotopic (exact) mass is 289 g/mol. The lowest BCUT2D eigenvalue weighted by Gasteiger charge is -2.24. The van der Waals surface area contributed by atoms with Crippen LogP contribution in [0.4, 0.5) is 0 Å². The highest BCUT2D eigenvalue weighted by atomic mass is 79.9. The van der Waals surface area contributed by atoms with E-state index in [1.807, 2.05) is 12.1 Å². The van der Waals surface area contributed by atoms with Crippen LogP contribution in [0.15, 0.2) is 24.3 Å². The highest BCUT2D eigenvalue weighted by Crippen LogP contribution is 2.20. The lowest BCUT2D eigenvalue weighted by Crippen LogP contribution is -2.23. The molecule has 1 atom stereocenters. The molecule has 1 aromatic carbocycles. The minimum absolute atomic E-state index is 0.446. The van der Waals surface area contributed by atoms with Crippen LogP contribution in [-0.2, 0) is 0 Å². The topological polar surface area (TPSA) is 3.24 Å². The van der Waals surface area contributed by atoms with Gasteiger partial charge in [0.15, 0.2) is 0 Å². The molecule has 0 N–H and O–H groups in total. The summed E-state index contributed by atoms with van der Waals surface area (Å²) in [5, 5.41) is 1.86. The van der Waals surface area contributed by atoms with Gasteiger partial charge < -0.3 is 0 Å². The maximum atomic E-state index is 5.86. The molecule has 0 bridgehead atoms. The van der Waals surface area contributed by atoms with Gasteiger partial charge in [-0.1, -0.05) is 39.7 Å². The van der Waals surface area contributed by atoms with Crippen molar-refractivity contribution >= 4 is 27.5 Å².